The summed E-state index contributed by atoms with van der Waals surface area (Å²) in [6, 6.07) is 3.81. The van der Waals surface area contributed by atoms with E-state index in [0.717, 1.165) is 12.0 Å². The number of alkyl halides is 1. The molecule has 0 aliphatic carbocycles. The molecule has 1 aromatic rings. The van der Waals surface area contributed by atoms with Crippen LogP contribution in [0.15, 0.2) is 24.5 Å². The first-order chi connectivity index (χ1) is 7.24. The fraction of sp³-hybridized carbons (Fsp3) is 0.455. The summed E-state index contributed by atoms with van der Waals surface area (Å²) in [4.78, 5) is 15.3. The minimum absolute atomic E-state index is 0.0239. The van der Waals surface area contributed by atoms with Crippen molar-refractivity contribution >= 4 is 17.5 Å². The molecule has 1 rings (SSSR count). The fourth-order valence-electron chi connectivity index (χ4n) is 1.28. The van der Waals surface area contributed by atoms with Gasteiger partial charge in [-0.15, -0.1) is 11.6 Å². The second kappa shape index (κ2) is 6.40. The monoisotopic (exact) mass is 226 g/mol. The molecule has 1 N–H and O–H groups in total. The van der Waals surface area contributed by atoms with Crippen LogP contribution in [-0.4, -0.2) is 16.8 Å². The average molecular weight is 227 g/mol. The Labute approximate surface area is 94.9 Å². The van der Waals surface area contributed by atoms with Crippen LogP contribution in [0.5, 0.6) is 0 Å². The van der Waals surface area contributed by atoms with Crippen LogP contribution in [-0.2, 0) is 4.79 Å². The molecule has 1 heterocycles. The molecule has 0 radical (unpaired) electrons. The minimum Gasteiger partial charge on any atom is -0.350 e. The summed E-state index contributed by atoms with van der Waals surface area (Å²) in [5.41, 5.74) is 1.06. The molecule has 4 heteroatoms. The number of carbonyl (C=O) groups excluding carboxylic acids is 1. The van der Waals surface area contributed by atoms with Crippen LogP contribution in [0.4, 0.5) is 0 Å². The van der Waals surface area contributed by atoms with E-state index >= 15 is 0 Å². The highest BCUT2D eigenvalue weighted by Crippen LogP contribution is 2.10. The Morgan fingerprint density at radius 2 is 2.20 bits per heavy atom. The number of hydrogen-bond acceptors (Lipinski definition) is 2. The van der Waals surface area contributed by atoms with Crippen molar-refractivity contribution in [3.05, 3.63) is 30.1 Å². The summed E-state index contributed by atoms with van der Waals surface area (Å²) in [6.07, 6.45) is 4.64. The van der Waals surface area contributed by atoms with E-state index in [1.165, 1.54) is 0 Å². The Morgan fingerprint density at radius 3 is 2.80 bits per heavy atom. The molecular weight excluding hydrogens is 212 g/mol. The van der Waals surface area contributed by atoms with Crippen LogP contribution in [0.1, 0.15) is 31.4 Å². The highest BCUT2D eigenvalue weighted by atomic mass is 35.5. The molecule has 0 aromatic carbocycles. The Morgan fingerprint density at radius 1 is 1.53 bits per heavy atom. The predicted molar refractivity (Wildman–Crippen MR) is 60.7 cm³/mol. The maximum atomic E-state index is 11.4. The van der Waals surface area contributed by atoms with Gasteiger partial charge in [0.1, 0.15) is 0 Å². The number of pyridine rings is 1. The number of halogens is 1. The second-order valence-corrected chi connectivity index (χ2v) is 3.74. The summed E-state index contributed by atoms with van der Waals surface area (Å²) in [7, 11) is 0. The lowest BCUT2D eigenvalue weighted by Gasteiger charge is -2.13. The first-order valence-corrected chi connectivity index (χ1v) is 5.52. The molecule has 0 fully saturated rings. The van der Waals surface area contributed by atoms with Crippen LogP contribution in [0.2, 0.25) is 0 Å². The Bertz CT molecular complexity index is 303. The van der Waals surface area contributed by atoms with Crippen molar-refractivity contribution in [3.8, 4) is 0 Å². The Hall–Kier alpha value is -1.09. The van der Waals surface area contributed by atoms with Gasteiger partial charge >= 0.3 is 0 Å². The van der Waals surface area contributed by atoms with Crippen LogP contribution >= 0.6 is 11.6 Å². The third-order valence-corrected chi connectivity index (χ3v) is 2.39. The normalized spacial score (nSPS) is 12.1. The molecular formula is C11H15ClN2O. The van der Waals surface area contributed by atoms with Gasteiger partial charge in [0.05, 0.1) is 6.04 Å². The second-order valence-electron chi connectivity index (χ2n) is 3.36. The SMILES string of the molecule is C[C@@H](NC(=O)CCCCl)c1ccncc1. The van der Waals surface area contributed by atoms with Crippen LogP contribution in [0.3, 0.4) is 0 Å². The van der Waals surface area contributed by atoms with Crippen molar-refractivity contribution < 1.29 is 4.79 Å². The van der Waals surface area contributed by atoms with Crippen molar-refractivity contribution in [1.29, 1.82) is 0 Å². The first kappa shape index (κ1) is 12.0. The van der Waals surface area contributed by atoms with Gasteiger partial charge in [0.2, 0.25) is 5.91 Å². The molecule has 0 spiro atoms. The van der Waals surface area contributed by atoms with E-state index in [1.807, 2.05) is 19.1 Å². The smallest absolute Gasteiger partial charge is 0.220 e. The lowest BCUT2D eigenvalue weighted by molar-refractivity contribution is -0.121. The number of nitrogens with one attached hydrogen (secondary N) is 1. The third kappa shape index (κ3) is 4.30. The number of rotatable bonds is 5. The summed E-state index contributed by atoms with van der Waals surface area (Å²) < 4.78 is 0. The Kier molecular flexibility index (Phi) is 5.12. The topological polar surface area (TPSA) is 42.0 Å². The van der Waals surface area contributed by atoms with Gasteiger partial charge in [0.25, 0.3) is 0 Å². The van der Waals surface area contributed by atoms with E-state index in [9.17, 15) is 4.79 Å². The first-order valence-electron chi connectivity index (χ1n) is 4.99. The Balaban J connectivity index is 2.42. The number of nitrogens with zero attached hydrogens (tertiary/aromatic N) is 1. The van der Waals surface area contributed by atoms with Gasteiger partial charge in [-0.3, -0.25) is 9.78 Å². The van der Waals surface area contributed by atoms with Crippen molar-refractivity contribution in [2.24, 2.45) is 0 Å². The molecule has 0 bridgehead atoms. The van der Waals surface area contributed by atoms with E-state index in [4.69, 9.17) is 11.6 Å². The summed E-state index contributed by atoms with van der Waals surface area (Å²) in [6.45, 7) is 1.95. The number of amides is 1. The summed E-state index contributed by atoms with van der Waals surface area (Å²) >= 11 is 5.51. The van der Waals surface area contributed by atoms with Gasteiger partial charge in [-0.05, 0) is 31.0 Å². The maximum absolute atomic E-state index is 11.4. The lowest BCUT2D eigenvalue weighted by Crippen LogP contribution is -2.26. The van der Waals surface area contributed by atoms with Gasteiger partial charge in [-0.2, -0.15) is 0 Å². The van der Waals surface area contributed by atoms with Gasteiger partial charge in [0, 0.05) is 24.7 Å². The van der Waals surface area contributed by atoms with E-state index < -0.39 is 0 Å². The molecule has 1 amide bonds. The van der Waals surface area contributed by atoms with Gasteiger partial charge in [-0.25, -0.2) is 0 Å². The molecule has 1 atom stereocenters. The maximum Gasteiger partial charge on any atom is 0.220 e. The van der Waals surface area contributed by atoms with Crippen LogP contribution in [0, 0.1) is 0 Å². The number of aromatic nitrogens is 1. The van der Waals surface area contributed by atoms with Crippen molar-refractivity contribution in [1.82, 2.24) is 10.3 Å². The van der Waals surface area contributed by atoms with Crippen LogP contribution < -0.4 is 5.32 Å². The molecule has 0 aliphatic heterocycles. The van der Waals surface area contributed by atoms with Gasteiger partial charge < -0.3 is 5.32 Å². The summed E-state index contributed by atoms with van der Waals surface area (Å²) in [5, 5.41) is 2.91. The standard InChI is InChI=1S/C11H15ClN2O/c1-9(10-4-7-13-8-5-10)14-11(15)3-2-6-12/h4-5,7-9H,2-3,6H2,1H3,(H,14,15)/t9-/m1/s1. The van der Waals surface area contributed by atoms with Crippen LogP contribution in [0.25, 0.3) is 0 Å². The van der Waals surface area contributed by atoms with Crippen molar-refractivity contribution in [2.75, 3.05) is 5.88 Å². The molecule has 0 saturated heterocycles. The van der Waals surface area contributed by atoms with Crippen molar-refractivity contribution in [3.63, 3.8) is 0 Å². The molecule has 0 saturated carbocycles. The highest BCUT2D eigenvalue weighted by molar-refractivity contribution is 6.17. The molecule has 0 aliphatic rings. The molecule has 1 aromatic heterocycles. The van der Waals surface area contributed by atoms with E-state index in [1.54, 1.807) is 12.4 Å². The zero-order valence-electron chi connectivity index (χ0n) is 8.74. The molecule has 3 nitrogen and oxygen atoms in total. The zero-order valence-corrected chi connectivity index (χ0v) is 9.50. The van der Waals surface area contributed by atoms with Crippen molar-refractivity contribution in [2.45, 2.75) is 25.8 Å². The highest BCUT2D eigenvalue weighted by Gasteiger charge is 2.08. The molecule has 82 valence electrons. The lowest BCUT2D eigenvalue weighted by atomic mass is 10.1. The van der Waals surface area contributed by atoms with Gasteiger partial charge in [-0.1, -0.05) is 0 Å². The molecule has 15 heavy (non-hydrogen) atoms. The van der Waals surface area contributed by atoms with E-state index in [2.05, 4.69) is 10.3 Å². The minimum atomic E-state index is 0.0239. The third-order valence-electron chi connectivity index (χ3n) is 2.12. The predicted octanol–water partition coefficient (Wildman–Crippen LogP) is 2.28. The quantitative estimate of drug-likeness (QED) is 0.783. The average Bonchev–Trinajstić information content (AvgIpc) is 2.27. The fourth-order valence-corrected chi connectivity index (χ4v) is 1.41. The van der Waals surface area contributed by atoms with E-state index in [-0.39, 0.29) is 11.9 Å². The molecule has 0 unspecified atom stereocenters. The van der Waals surface area contributed by atoms with E-state index in [0.29, 0.717) is 12.3 Å². The number of carbonyl (C=O) groups is 1. The van der Waals surface area contributed by atoms with Gasteiger partial charge in [0.15, 0.2) is 0 Å². The summed E-state index contributed by atoms with van der Waals surface area (Å²) in [5.74, 6) is 0.566. The largest absolute Gasteiger partial charge is 0.350 e. The number of hydrogen-bond donors (Lipinski definition) is 1. The zero-order chi connectivity index (χ0) is 11.1.